The fourth-order valence-corrected chi connectivity index (χ4v) is 2.56. The summed E-state index contributed by atoms with van der Waals surface area (Å²) in [6, 6.07) is 2.57. The molecule has 1 aliphatic heterocycles. The van der Waals surface area contributed by atoms with Gasteiger partial charge in [-0.1, -0.05) is 0 Å². The molecule has 2 N–H and O–H groups in total. The first-order valence-corrected chi connectivity index (χ1v) is 7.01. The van der Waals surface area contributed by atoms with Gasteiger partial charge in [0.2, 0.25) is 0 Å². The maximum Gasteiger partial charge on any atom is 0.256 e. The molecule has 0 aromatic heterocycles. The van der Waals surface area contributed by atoms with Crippen LogP contribution in [0.4, 0.5) is 4.39 Å². The molecule has 1 fully saturated rings. The average Bonchev–Trinajstić information content (AvgIpc) is 2.54. The molecule has 6 heteroatoms. The number of piperidine rings is 1. The zero-order chi connectivity index (χ0) is 15.4. The van der Waals surface area contributed by atoms with Crippen LogP contribution in [0.5, 0.6) is 11.5 Å². The van der Waals surface area contributed by atoms with Gasteiger partial charge < -0.3 is 20.1 Å². The van der Waals surface area contributed by atoms with Crippen molar-refractivity contribution < 1.29 is 18.7 Å². The van der Waals surface area contributed by atoms with Gasteiger partial charge in [0.1, 0.15) is 5.82 Å². The van der Waals surface area contributed by atoms with Crippen LogP contribution in [-0.2, 0) is 0 Å². The summed E-state index contributed by atoms with van der Waals surface area (Å²) >= 11 is 0. The topological polar surface area (TPSA) is 64.8 Å². The minimum atomic E-state index is -0.599. The first kappa shape index (κ1) is 15.6. The highest BCUT2D eigenvalue weighted by atomic mass is 19.1. The van der Waals surface area contributed by atoms with Crippen LogP contribution in [-0.4, -0.2) is 44.7 Å². The van der Waals surface area contributed by atoms with Gasteiger partial charge in [-0.05, 0) is 31.4 Å². The molecular formula is C15H21FN2O3. The Kier molecular flexibility index (Phi) is 5.01. The molecule has 1 amide bonds. The standard InChI is InChI=1S/C15H21FN2O3/c1-20-13-7-11(12(16)8-14(13)21-2)15(19)18-5-3-10(9-17)4-6-18/h7-8,10H,3-6,9,17H2,1-2H3. The van der Waals surface area contributed by atoms with Crippen LogP contribution in [0.2, 0.25) is 0 Å². The van der Waals surface area contributed by atoms with Gasteiger partial charge in [-0.25, -0.2) is 4.39 Å². The Labute approximate surface area is 123 Å². The fourth-order valence-electron chi connectivity index (χ4n) is 2.56. The third kappa shape index (κ3) is 3.26. The van der Waals surface area contributed by atoms with Crippen LogP contribution in [0.3, 0.4) is 0 Å². The summed E-state index contributed by atoms with van der Waals surface area (Å²) < 4.78 is 24.2. The molecule has 1 aromatic rings. The molecule has 2 rings (SSSR count). The van der Waals surface area contributed by atoms with Crippen molar-refractivity contribution in [3.05, 3.63) is 23.5 Å². The lowest BCUT2D eigenvalue weighted by Crippen LogP contribution is -2.40. The number of benzene rings is 1. The van der Waals surface area contributed by atoms with Crippen molar-refractivity contribution >= 4 is 5.91 Å². The van der Waals surface area contributed by atoms with Crippen LogP contribution in [0.15, 0.2) is 12.1 Å². The number of hydrogen-bond acceptors (Lipinski definition) is 4. The summed E-state index contributed by atoms with van der Waals surface area (Å²) in [5.41, 5.74) is 5.65. The van der Waals surface area contributed by atoms with E-state index in [2.05, 4.69) is 0 Å². The fraction of sp³-hybridized carbons (Fsp3) is 0.533. The maximum absolute atomic E-state index is 14.1. The number of rotatable bonds is 4. The van der Waals surface area contributed by atoms with Crippen molar-refractivity contribution in [1.29, 1.82) is 0 Å². The van der Waals surface area contributed by atoms with E-state index in [0.717, 1.165) is 12.8 Å². The smallest absolute Gasteiger partial charge is 0.256 e. The van der Waals surface area contributed by atoms with E-state index in [0.29, 0.717) is 31.3 Å². The molecule has 0 aliphatic carbocycles. The highest BCUT2D eigenvalue weighted by Gasteiger charge is 2.26. The van der Waals surface area contributed by atoms with Gasteiger partial charge in [0, 0.05) is 19.2 Å². The van der Waals surface area contributed by atoms with E-state index in [-0.39, 0.29) is 17.2 Å². The van der Waals surface area contributed by atoms with E-state index in [1.54, 1.807) is 4.90 Å². The van der Waals surface area contributed by atoms with Crippen molar-refractivity contribution in [3.63, 3.8) is 0 Å². The normalized spacial score (nSPS) is 15.9. The predicted molar refractivity (Wildman–Crippen MR) is 77.2 cm³/mol. The Morgan fingerprint density at radius 1 is 1.29 bits per heavy atom. The van der Waals surface area contributed by atoms with Crippen molar-refractivity contribution in [1.82, 2.24) is 4.90 Å². The molecular weight excluding hydrogens is 275 g/mol. The van der Waals surface area contributed by atoms with Gasteiger partial charge in [-0.15, -0.1) is 0 Å². The van der Waals surface area contributed by atoms with Gasteiger partial charge in [0.05, 0.1) is 19.8 Å². The van der Waals surface area contributed by atoms with Crippen molar-refractivity contribution in [2.45, 2.75) is 12.8 Å². The number of nitrogens with two attached hydrogens (primary N) is 1. The second-order valence-corrected chi connectivity index (χ2v) is 5.16. The van der Waals surface area contributed by atoms with Gasteiger partial charge in [0.15, 0.2) is 11.5 Å². The average molecular weight is 296 g/mol. The van der Waals surface area contributed by atoms with Crippen molar-refractivity contribution in [2.75, 3.05) is 33.9 Å². The zero-order valence-electron chi connectivity index (χ0n) is 12.4. The van der Waals surface area contributed by atoms with E-state index in [1.807, 2.05) is 0 Å². The third-order valence-corrected chi connectivity index (χ3v) is 3.94. The Balaban J connectivity index is 2.19. The number of carbonyl (C=O) groups is 1. The van der Waals surface area contributed by atoms with E-state index in [9.17, 15) is 9.18 Å². The number of nitrogens with zero attached hydrogens (tertiary/aromatic N) is 1. The lowest BCUT2D eigenvalue weighted by molar-refractivity contribution is 0.0688. The summed E-state index contributed by atoms with van der Waals surface area (Å²) in [5.74, 6) is 0.152. The molecule has 1 aromatic carbocycles. The summed E-state index contributed by atoms with van der Waals surface area (Å²) in [6.45, 7) is 1.84. The Bertz CT molecular complexity index is 514. The first-order chi connectivity index (χ1) is 10.1. The minimum Gasteiger partial charge on any atom is -0.493 e. The monoisotopic (exact) mass is 296 g/mol. The summed E-state index contributed by atoms with van der Waals surface area (Å²) in [7, 11) is 2.88. The second kappa shape index (κ2) is 6.76. The molecule has 116 valence electrons. The van der Waals surface area contributed by atoms with Crippen LogP contribution in [0.1, 0.15) is 23.2 Å². The molecule has 21 heavy (non-hydrogen) atoms. The number of halogens is 1. The molecule has 0 saturated carbocycles. The Hall–Kier alpha value is -1.82. The number of amides is 1. The summed E-state index contributed by atoms with van der Waals surface area (Å²) in [5, 5.41) is 0. The highest BCUT2D eigenvalue weighted by Crippen LogP contribution is 2.31. The lowest BCUT2D eigenvalue weighted by Gasteiger charge is -2.31. The highest BCUT2D eigenvalue weighted by molar-refractivity contribution is 5.95. The Morgan fingerprint density at radius 3 is 2.38 bits per heavy atom. The lowest BCUT2D eigenvalue weighted by atomic mass is 9.96. The number of carbonyl (C=O) groups excluding carboxylic acids is 1. The van der Waals surface area contributed by atoms with Crippen LogP contribution < -0.4 is 15.2 Å². The number of likely N-dealkylation sites (tertiary alicyclic amines) is 1. The Morgan fingerprint density at radius 2 is 1.86 bits per heavy atom. The number of ether oxygens (including phenoxy) is 2. The van der Waals surface area contributed by atoms with E-state index in [4.69, 9.17) is 15.2 Å². The molecule has 1 aliphatic rings. The molecule has 0 radical (unpaired) electrons. The van der Waals surface area contributed by atoms with Gasteiger partial charge in [-0.3, -0.25) is 4.79 Å². The van der Waals surface area contributed by atoms with Gasteiger partial charge in [-0.2, -0.15) is 0 Å². The van der Waals surface area contributed by atoms with E-state index in [1.165, 1.54) is 26.4 Å². The van der Waals surface area contributed by atoms with E-state index >= 15 is 0 Å². The molecule has 0 unspecified atom stereocenters. The second-order valence-electron chi connectivity index (χ2n) is 5.16. The van der Waals surface area contributed by atoms with Crippen molar-refractivity contribution in [2.24, 2.45) is 11.7 Å². The minimum absolute atomic E-state index is 0.0128. The quantitative estimate of drug-likeness (QED) is 0.917. The molecule has 1 saturated heterocycles. The zero-order valence-corrected chi connectivity index (χ0v) is 12.4. The van der Waals surface area contributed by atoms with Gasteiger partial charge in [0.25, 0.3) is 5.91 Å². The molecule has 5 nitrogen and oxygen atoms in total. The van der Waals surface area contributed by atoms with Crippen LogP contribution in [0.25, 0.3) is 0 Å². The molecule has 0 spiro atoms. The van der Waals surface area contributed by atoms with Gasteiger partial charge >= 0.3 is 0 Å². The number of methoxy groups -OCH3 is 2. The number of hydrogen-bond donors (Lipinski definition) is 1. The van der Waals surface area contributed by atoms with Crippen LogP contribution >= 0.6 is 0 Å². The SMILES string of the molecule is COc1cc(F)c(C(=O)N2CCC(CN)CC2)cc1OC. The largest absolute Gasteiger partial charge is 0.493 e. The maximum atomic E-state index is 14.1. The predicted octanol–water partition coefficient (Wildman–Crippen LogP) is 1.65. The molecule has 0 bridgehead atoms. The first-order valence-electron chi connectivity index (χ1n) is 7.01. The third-order valence-electron chi connectivity index (χ3n) is 3.94. The van der Waals surface area contributed by atoms with Crippen molar-refractivity contribution in [3.8, 4) is 11.5 Å². The summed E-state index contributed by atoms with van der Waals surface area (Å²) in [4.78, 5) is 14.1. The summed E-state index contributed by atoms with van der Waals surface area (Å²) in [6.07, 6.45) is 1.72. The van der Waals surface area contributed by atoms with Crippen LogP contribution in [0, 0.1) is 11.7 Å². The van der Waals surface area contributed by atoms with E-state index < -0.39 is 5.82 Å². The molecule has 0 atom stereocenters. The molecule has 1 heterocycles.